The Morgan fingerprint density at radius 1 is 1.39 bits per heavy atom. The SMILES string of the molecule is Cc1c(Cn2ccc(C=O)c2)cccc1[N+](=O)[O-]. The third-order valence-corrected chi connectivity index (χ3v) is 2.88. The van der Waals surface area contributed by atoms with Crippen molar-refractivity contribution in [3.8, 4) is 0 Å². The molecular weight excluding hydrogens is 232 g/mol. The fraction of sp³-hybridized carbons (Fsp3) is 0.154. The maximum atomic E-state index is 10.8. The van der Waals surface area contributed by atoms with Crippen LogP contribution in [0.15, 0.2) is 36.7 Å². The third kappa shape index (κ3) is 2.29. The quantitative estimate of drug-likeness (QED) is 0.471. The summed E-state index contributed by atoms with van der Waals surface area (Å²) in [5.74, 6) is 0. The Kier molecular flexibility index (Phi) is 3.23. The molecule has 0 aliphatic carbocycles. The first kappa shape index (κ1) is 12.0. The zero-order valence-corrected chi connectivity index (χ0v) is 9.87. The van der Waals surface area contributed by atoms with Gasteiger partial charge in [-0.1, -0.05) is 12.1 Å². The summed E-state index contributed by atoms with van der Waals surface area (Å²) in [6.45, 7) is 2.25. The Morgan fingerprint density at radius 3 is 2.78 bits per heavy atom. The fourth-order valence-corrected chi connectivity index (χ4v) is 1.86. The molecule has 0 spiro atoms. The molecule has 0 fully saturated rings. The van der Waals surface area contributed by atoms with E-state index >= 15 is 0 Å². The average Bonchev–Trinajstić information content (AvgIpc) is 2.79. The summed E-state index contributed by atoms with van der Waals surface area (Å²) in [5, 5.41) is 10.8. The zero-order chi connectivity index (χ0) is 13.1. The van der Waals surface area contributed by atoms with Crippen LogP contribution in [0.3, 0.4) is 0 Å². The number of aldehydes is 1. The molecule has 0 unspecified atom stereocenters. The van der Waals surface area contributed by atoms with Crippen molar-refractivity contribution in [3.63, 3.8) is 0 Å². The number of nitrogens with zero attached hydrogens (tertiary/aromatic N) is 2. The van der Waals surface area contributed by atoms with Gasteiger partial charge in [0, 0.05) is 36.1 Å². The van der Waals surface area contributed by atoms with Crippen molar-refractivity contribution < 1.29 is 9.72 Å². The van der Waals surface area contributed by atoms with E-state index in [-0.39, 0.29) is 10.6 Å². The van der Waals surface area contributed by atoms with Crippen molar-refractivity contribution in [1.29, 1.82) is 0 Å². The highest BCUT2D eigenvalue weighted by atomic mass is 16.6. The van der Waals surface area contributed by atoms with Gasteiger partial charge in [-0.15, -0.1) is 0 Å². The van der Waals surface area contributed by atoms with E-state index in [1.807, 2.05) is 10.6 Å². The number of rotatable bonds is 4. The zero-order valence-electron chi connectivity index (χ0n) is 9.87. The van der Waals surface area contributed by atoms with Crippen molar-refractivity contribution in [1.82, 2.24) is 4.57 Å². The van der Waals surface area contributed by atoms with Crippen molar-refractivity contribution in [3.05, 3.63) is 63.5 Å². The Balaban J connectivity index is 2.31. The number of aromatic nitrogens is 1. The van der Waals surface area contributed by atoms with Crippen LogP contribution in [0.1, 0.15) is 21.5 Å². The van der Waals surface area contributed by atoms with Gasteiger partial charge in [-0.3, -0.25) is 14.9 Å². The van der Waals surface area contributed by atoms with Gasteiger partial charge < -0.3 is 4.57 Å². The largest absolute Gasteiger partial charge is 0.349 e. The Labute approximate surface area is 104 Å². The van der Waals surface area contributed by atoms with Crippen LogP contribution in [0.5, 0.6) is 0 Å². The van der Waals surface area contributed by atoms with E-state index in [2.05, 4.69) is 0 Å². The average molecular weight is 244 g/mol. The summed E-state index contributed by atoms with van der Waals surface area (Å²) < 4.78 is 1.83. The molecule has 0 radical (unpaired) electrons. The van der Waals surface area contributed by atoms with E-state index in [1.165, 1.54) is 6.07 Å². The molecule has 1 aromatic heterocycles. The van der Waals surface area contributed by atoms with E-state index in [4.69, 9.17) is 0 Å². The normalized spacial score (nSPS) is 10.3. The van der Waals surface area contributed by atoms with Crippen LogP contribution in [0.25, 0.3) is 0 Å². The summed E-state index contributed by atoms with van der Waals surface area (Å²) in [7, 11) is 0. The summed E-state index contributed by atoms with van der Waals surface area (Å²) in [4.78, 5) is 21.0. The number of hydrogen-bond acceptors (Lipinski definition) is 3. The fourth-order valence-electron chi connectivity index (χ4n) is 1.86. The first-order valence-corrected chi connectivity index (χ1v) is 5.45. The van der Waals surface area contributed by atoms with Crippen LogP contribution in [-0.4, -0.2) is 15.8 Å². The molecule has 0 atom stereocenters. The van der Waals surface area contributed by atoms with Gasteiger partial charge in [0.25, 0.3) is 5.69 Å². The summed E-state index contributed by atoms with van der Waals surface area (Å²) in [5.41, 5.74) is 2.24. The van der Waals surface area contributed by atoms with Gasteiger partial charge in [0.15, 0.2) is 6.29 Å². The van der Waals surface area contributed by atoms with E-state index in [0.29, 0.717) is 17.7 Å². The smallest absolute Gasteiger partial charge is 0.272 e. The molecule has 0 saturated carbocycles. The molecule has 0 N–H and O–H groups in total. The second kappa shape index (κ2) is 4.83. The molecule has 2 rings (SSSR count). The highest BCUT2D eigenvalue weighted by molar-refractivity contribution is 5.74. The van der Waals surface area contributed by atoms with Crippen LogP contribution >= 0.6 is 0 Å². The third-order valence-electron chi connectivity index (χ3n) is 2.88. The summed E-state index contributed by atoms with van der Waals surface area (Å²) in [6, 6.07) is 6.72. The van der Waals surface area contributed by atoms with Gasteiger partial charge in [-0.2, -0.15) is 0 Å². The van der Waals surface area contributed by atoms with E-state index in [9.17, 15) is 14.9 Å². The predicted octanol–water partition coefficient (Wildman–Crippen LogP) is 2.57. The number of nitro groups is 1. The molecule has 2 aromatic rings. The van der Waals surface area contributed by atoms with Crippen LogP contribution in [0.2, 0.25) is 0 Å². The van der Waals surface area contributed by atoms with Gasteiger partial charge in [0.1, 0.15) is 0 Å². The van der Waals surface area contributed by atoms with Crippen molar-refractivity contribution >= 4 is 12.0 Å². The second-order valence-electron chi connectivity index (χ2n) is 4.05. The first-order chi connectivity index (χ1) is 8.61. The summed E-state index contributed by atoms with van der Waals surface area (Å²) >= 11 is 0. The van der Waals surface area contributed by atoms with Crippen LogP contribution in [-0.2, 0) is 6.54 Å². The maximum Gasteiger partial charge on any atom is 0.272 e. The number of carbonyl (C=O) groups excluding carboxylic acids is 1. The maximum absolute atomic E-state index is 10.8. The molecule has 0 saturated heterocycles. The Morgan fingerprint density at radius 2 is 2.17 bits per heavy atom. The van der Waals surface area contributed by atoms with Gasteiger partial charge in [0.05, 0.1) is 4.92 Å². The lowest BCUT2D eigenvalue weighted by molar-refractivity contribution is -0.385. The minimum atomic E-state index is -0.384. The van der Waals surface area contributed by atoms with Gasteiger partial charge in [-0.25, -0.2) is 0 Å². The number of benzene rings is 1. The lowest BCUT2D eigenvalue weighted by Gasteiger charge is -2.07. The van der Waals surface area contributed by atoms with E-state index < -0.39 is 0 Å². The first-order valence-electron chi connectivity index (χ1n) is 5.45. The van der Waals surface area contributed by atoms with Gasteiger partial charge >= 0.3 is 0 Å². The Bertz CT molecular complexity index is 602. The molecule has 0 aliphatic heterocycles. The number of nitro benzene ring substituents is 1. The molecule has 92 valence electrons. The topological polar surface area (TPSA) is 65.1 Å². The van der Waals surface area contributed by atoms with Crippen molar-refractivity contribution in [2.45, 2.75) is 13.5 Å². The molecule has 0 aliphatic rings. The number of carbonyl (C=O) groups is 1. The molecule has 1 heterocycles. The highest BCUT2D eigenvalue weighted by Gasteiger charge is 2.13. The highest BCUT2D eigenvalue weighted by Crippen LogP contribution is 2.21. The number of hydrogen-bond donors (Lipinski definition) is 0. The standard InChI is InChI=1S/C13H12N2O3/c1-10-12(3-2-4-13(10)15(17)18)8-14-6-5-11(7-14)9-16/h2-7,9H,8H2,1H3. The van der Waals surface area contributed by atoms with Crippen molar-refractivity contribution in [2.75, 3.05) is 0 Å². The molecule has 5 heteroatoms. The minimum Gasteiger partial charge on any atom is -0.349 e. The van der Waals surface area contributed by atoms with Crippen LogP contribution in [0, 0.1) is 17.0 Å². The lowest BCUT2D eigenvalue weighted by Crippen LogP contribution is -2.01. The van der Waals surface area contributed by atoms with Crippen LogP contribution in [0.4, 0.5) is 5.69 Å². The van der Waals surface area contributed by atoms with Gasteiger partial charge in [-0.05, 0) is 18.6 Å². The second-order valence-corrected chi connectivity index (χ2v) is 4.05. The minimum absolute atomic E-state index is 0.121. The molecule has 1 aromatic carbocycles. The van der Waals surface area contributed by atoms with Gasteiger partial charge in [0.2, 0.25) is 0 Å². The monoisotopic (exact) mass is 244 g/mol. The molecule has 0 amide bonds. The molecule has 5 nitrogen and oxygen atoms in total. The lowest BCUT2D eigenvalue weighted by atomic mass is 10.1. The van der Waals surface area contributed by atoms with E-state index in [1.54, 1.807) is 31.5 Å². The predicted molar refractivity (Wildman–Crippen MR) is 66.8 cm³/mol. The summed E-state index contributed by atoms with van der Waals surface area (Å²) in [6.07, 6.45) is 4.27. The Hall–Kier alpha value is -2.43. The van der Waals surface area contributed by atoms with Crippen LogP contribution < -0.4 is 0 Å². The van der Waals surface area contributed by atoms with E-state index in [0.717, 1.165) is 11.8 Å². The molecular formula is C13H12N2O3. The van der Waals surface area contributed by atoms with Crippen molar-refractivity contribution in [2.24, 2.45) is 0 Å². The molecule has 18 heavy (non-hydrogen) atoms. The molecule has 0 bridgehead atoms.